The van der Waals surface area contributed by atoms with Crippen molar-refractivity contribution in [1.82, 2.24) is 4.90 Å². The van der Waals surface area contributed by atoms with Gasteiger partial charge in [-0.2, -0.15) is 0 Å². The van der Waals surface area contributed by atoms with Gasteiger partial charge in [0.25, 0.3) is 0 Å². The van der Waals surface area contributed by atoms with Gasteiger partial charge < -0.3 is 21.1 Å². The van der Waals surface area contributed by atoms with E-state index in [0.29, 0.717) is 5.69 Å². The molecule has 0 radical (unpaired) electrons. The molecule has 1 atom stereocenters. The number of anilines is 2. The zero-order chi connectivity index (χ0) is 15.4. The zero-order valence-corrected chi connectivity index (χ0v) is 12.1. The Labute approximate surface area is 123 Å². The second-order valence-electron chi connectivity index (χ2n) is 5.36. The molecule has 6 nitrogen and oxygen atoms in total. The molecule has 21 heavy (non-hydrogen) atoms. The lowest BCUT2D eigenvalue weighted by Crippen LogP contribution is -2.43. The maximum absolute atomic E-state index is 12.3. The molecule has 1 unspecified atom stereocenters. The molecule has 1 fully saturated rings. The number of likely N-dealkylation sites (tertiary alicyclic amines) is 1. The number of carbonyl (C=O) groups is 2. The fourth-order valence-electron chi connectivity index (χ4n) is 2.55. The van der Waals surface area contributed by atoms with E-state index in [1.807, 2.05) is 4.90 Å². The number of nitrogens with one attached hydrogen (secondary N) is 1. The molecule has 1 aliphatic heterocycles. The summed E-state index contributed by atoms with van der Waals surface area (Å²) < 4.78 is 0. The minimum Gasteiger partial charge on any atom is -0.478 e. The smallest absolute Gasteiger partial charge is 0.337 e. The highest BCUT2D eigenvalue weighted by Gasteiger charge is 2.22. The summed E-state index contributed by atoms with van der Waals surface area (Å²) in [6, 6.07) is 4.25. The van der Waals surface area contributed by atoms with Gasteiger partial charge in [0.15, 0.2) is 0 Å². The summed E-state index contributed by atoms with van der Waals surface area (Å²) in [6.45, 7) is 3.42. The number of hydrogen-bond donors (Lipinski definition) is 3. The van der Waals surface area contributed by atoms with Crippen LogP contribution in [0.3, 0.4) is 0 Å². The van der Waals surface area contributed by atoms with Crippen molar-refractivity contribution in [2.24, 2.45) is 0 Å². The molecule has 0 bridgehead atoms. The maximum atomic E-state index is 12.3. The summed E-state index contributed by atoms with van der Waals surface area (Å²) in [5.41, 5.74) is 6.60. The lowest BCUT2D eigenvalue weighted by atomic mass is 10.1. The Hall–Kier alpha value is -2.24. The third kappa shape index (κ3) is 3.65. The predicted molar refractivity (Wildman–Crippen MR) is 81.3 cm³/mol. The summed E-state index contributed by atoms with van der Waals surface area (Å²) in [4.78, 5) is 25.1. The molecule has 1 amide bonds. The molecule has 0 aliphatic carbocycles. The third-order valence-electron chi connectivity index (χ3n) is 3.70. The van der Waals surface area contributed by atoms with Gasteiger partial charge in [-0.05, 0) is 44.4 Å². The van der Waals surface area contributed by atoms with Crippen molar-refractivity contribution in [3.63, 3.8) is 0 Å². The van der Waals surface area contributed by atoms with Crippen LogP contribution in [-0.2, 0) is 4.79 Å². The number of nitrogen functional groups attached to an aromatic ring is 1. The quantitative estimate of drug-likeness (QED) is 0.735. The number of hydrogen-bond acceptors (Lipinski definition) is 4. The summed E-state index contributed by atoms with van der Waals surface area (Å²) in [5.74, 6) is -0.993. The van der Waals surface area contributed by atoms with Crippen molar-refractivity contribution < 1.29 is 14.7 Å². The number of nitrogens with two attached hydrogens (primary N) is 1. The van der Waals surface area contributed by atoms with E-state index in [0.717, 1.165) is 25.9 Å². The minimum absolute atomic E-state index is 0.0653. The fraction of sp³-hybridized carbons (Fsp3) is 0.467. The minimum atomic E-state index is -1.06. The average molecular weight is 291 g/mol. The first-order valence-corrected chi connectivity index (χ1v) is 7.17. The SMILES string of the molecule is CC(Nc1ccc(C(=O)O)c(N)c1)C(=O)N1CCCCC1. The molecule has 1 aromatic rings. The molecule has 1 heterocycles. The van der Waals surface area contributed by atoms with Gasteiger partial charge in [-0.15, -0.1) is 0 Å². The van der Waals surface area contributed by atoms with Gasteiger partial charge >= 0.3 is 5.97 Å². The fourth-order valence-corrected chi connectivity index (χ4v) is 2.55. The number of carboxylic acids is 1. The first-order valence-electron chi connectivity index (χ1n) is 7.17. The van der Waals surface area contributed by atoms with Crippen molar-refractivity contribution in [2.45, 2.75) is 32.2 Å². The van der Waals surface area contributed by atoms with Crippen LogP contribution < -0.4 is 11.1 Å². The summed E-state index contributed by atoms with van der Waals surface area (Å²) in [7, 11) is 0. The zero-order valence-electron chi connectivity index (χ0n) is 12.1. The number of carbonyl (C=O) groups excluding carboxylic acids is 1. The van der Waals surface area contributed by atoms with Gasteiger partial charge in [0.2, 0.25) is 5.91 Å². The first kappa shape index (κ1) is 15.2. The summed E-state index contributed by atoms with van der Waals surface area (Å²) in [6.07, 6.45) is 3.29. The second-order valence-corrected chi connectivity index (χ2v) is 5.36. The lowest BCUT2D eigenvalue weighted by Gasteiger charge is -2.29. The number of amides is 1. The number of carboxylic acid groups (broad SMARTS) is 1. The topological polar surface area (TPSA) is 95.7 Å². The first-order chi connectivity index (χ1) is 9.99. The van der Waals surface area contributed by atoms with Crippen LogP contribution in [0.15, 0.2) is 18.2 Å². The van der Waals surface area contributed by atoms with E-state index in [4.69, 9.17) is 10.8 Å². The van der Waals surface area contributed by atoms with Gasteiger partial charge in [-0.25, -0.2) is 4.79 Å². The van der Waals surface area contributed by atoms with E-state index in [-0.39, 0.29) is 23.2 Å². The van der Waals surface area contributed by atoms with Crippen molar-refractivity contribution in [3.05, 3.63) is 23.8 Å². The van der Waals surface area contributed by atoms with Crippen LogP contribution >= 0.6 is 0 Å². The van der Waals surface area contributed by atoms with Gasteiger partial charge in [0, 0.05) is 24.5 Å². The Morgan fingerprint density at radius 2 is 1.95 bits per heavy atom. The Morgan fingerprint density at radius 3 is 2.52 bits per heavy atom. The van der Waals surface area contributed by atoms with E-state index in [1.165, 1.54) is 12.5 Å². The number of rotatable bonds is 4. The number of nitrogens with zero attached hydrogens (tertiary/aromatic N) is 1. The molecule has 6 heteroatoms. The number of aromatic carboxylic acids is 1. The normalized spacial score (nSPS) is 16.3. The largest absolute Gasteiger partial charge is 0.478 e. The third-order valence-corrected chi connectivity index (χ3v) is 3.70. The van der Waals surface area contributed by atoms with Crippen LogP contribution in [0.1, 0.15) is 36.5 Å². The van der Waals surface area contributed by atoms with Crippen LogP contribution in [0, 0.1) is 0 Å². The maximum Gasteiger partial charge on any atom is 0.337 e. The standard InChI is InChI=1S/C15H21N3O3/c1-10(14(19)18-7-3-2-4-8-18)17-11-5-6-12(15(20)21)13(16)9-11/h5-6,9-10,17H,2-4,7-8,16H2,1H3,(H,20,21). The molecular weight excluding hydrogens is 270 g/mol. The molecule has 1 aromatic carbocycles. The molecular formula is C15H21N3O3. The number of piperidine rings is 1. The summed E-state index contributed by atoms with van der Waals surface area (Å²) >= 11 is 0. The van der Waals surface area contributed by atoms with Gasteiger partial charge in [0.1, 0.15) is 6.04 Å². The average Bonchev–Trinajstić information content (AvgIpc) is 2.47. The van der Waals surface area contributed by atoms with Crippen LogP contribution in [0.4, 0.5) is 11.4 Å². The van der Waals surface area contributed by atoms with Gasteiger partial charge in [0.05, 0.1) is 5.56 Å². The Bertz CT molecular complexity index is 539. The highest BCUT2D eigenvalue weighted by molar-refractivity contribution is 5.94. The Balaban J connectivity index is 2.01. The molecule has 0 aromatic heterocycles. The predicted octanol–water partition coefficient (Wildman–Crippen LogP) is 1.78. The van der Waals surface area contributed by atoms with Crippen LogP contribution in [0.5, 0.6) is 0 Å². The van der Waals surface area contributed by atoms with Crippen molar-refractivity contribution in [2.75, 3.05) is 24.1 Å². The van der Waals surface area contributed by atoms with Crippen molar-refractivity contribution >= 4 is 23.3 Å². The van der Waals surface area contributed by atoms with Gasteiger partial charge in [-0.3, -0.25) is 4.79 Å². The summed E-state index contributed by atoms with van der Waals surface area (Å²) in [5, 5.41) is 12.0. The van der Waals surface area contributed by atoms with Crippen LogP contribution in [0.2, 0.25) is 0 Å². The molecule has 1 saturated heterocycles. The second kappa shape index (κ2) is 6.47. The molecule has 0 saturated carbocycles. The Morgan fingerprint density at radius 1 is 1.29 bits per heavy atom. The Kier molecular flexibility index (Phi) is 4.67. The van der Waals surface area contributed by atoms with Crippen molar-refractivity contribution in [3.8, 4) is 0 Å². The molecule has 0 spiro atoms. The van der Waals surface area contributed by atoms with Crippen LogP contribution in [0.25, 0.3) is 0 Å². The van der Waals surface area contributed by atoms with E-state index in [2.05, 4.69) is 5.32 Å². The van der Waals surface area contributed by atoms with Crippen LogP contribution in [-0.4, -0.2) is 41.0 Å². The monoisotopic (exact) mass is 291 g/mol. The highest BCUT2D eigenvalue weighted by atomic mass is 16.4. The van der Waals surface area contributed by atoms with E-state index in [9.17, 15) is 9.59 Å². The molecule has 114 valence electrons. The lowest BCUT2D eigenvalue weighted by molar-refractivity contribution is -0.132. The van der Waals surface area contributed by atoms with Crippen molar-refractivity contribution in [1.29, 1.82) is 0 Å². The molecule has 1 aliphatic rings. The molecule has 4 N–H and O–H groups in total. The highest BCUT2D eigenvalue weighted by Crippen LogP contribution is 2.19. The number of benzene rings is 1. The van der Waals surface area contributed by atoms with E-state index >= 15 is 0 Å². The molecule has 2 rings (SSSR count). The van der Waals surface area contributed by atoms with E-state index in [1.54, 1.807) is 19.1 Å². The van der Waals surface area contributed by atoms with E-state index < -0.39 is 5.97 Å². The van der Waals surface area contributed by atoms with Gasteiger partial charge in [-0.1, -0.05) is 0 Å².